The first kappa shape index (κ1) is 17.6. The zero-order valence-corrected chi connectivity index (χ0v) is 13.5. The fraction of sp³-hybridized carbons (Fsp3) is 0.105. The fourth-order valence-electron chi connectivity index (χ4n) is 2.49. The van der Waals surface area contributed by atoms with Gasteiger partial charge in [-0.3, -0.25) is 4.79 Å². The molecule has 0 saturated heterocycles. The number of nitrogens with one attached hydrogen (secondary N) is 1. The highest BCUT2D eigenvalue weighted by molar-refractivity contribution is 5.94. The summed E-state index contributed by atoms with van der Waals surface area (Å²) in [5.41, 5.74) is 2.10. The highest BCUT2D eigenvalue weighted by Gasteiger charge is 2.31. The number of benzene rings is 2. The Morgan fingerprint density at radius 3 is 2.27 bits per heavy atom. The Bertz CT molecular complexity index is 873. The van der Waals surface area contributed by atoms with Crippen LogP contribution in [0.2, 0.25) is 0 Å². The zero-order chi connectivity index (χ0) is 18.6. The van der Waals surface area contributed by atoms with Crippen LogP contribution < -0.4 is 10.1 Å². The lowest BCUT2D eigenvalue weighted by Gasteiger charge is -2.12. The maximum Gasteiger partial charge on any atom is 0.573 e. The molecule has 2 aromatic carbocycles. The molecule has 26 heavy (non-hydrogen) atoms. The Hall–Kier alpha value is -3.22. The molecule has 134 valence electrons. The number of ether oxygens (including phenoxy) is 1. The number of alkyl halides is 3. The molecule has 3 aromatic rings. The molecule has 1 N–H and O–H groups in total. The molecule has 0 spiro atoms. The van der Waals surface area contributed by atoms with Crippen LogP contribution in [0.3, 0.4) is 0 Å². The molecule has 3 rings (SSSR count). The summed E-state index contributed by atoms with van der Waals surface area (Å²) in [6.45, 7) is 0.286. The van der Waals surface area contributed by atoms with Crippen molar-refractivity contribution in [1.29, 1.82) is 0 Å². The molecule has 0 bridgehead atoms. The Kier molecular flexibility index (Phi) is 4.97. The average molecular weight is 360 g/mol. The molecular weight excluding hydrogens is 345 g/mol. The van der Waals surface area contributed by atoms with E-state index in [4.69, 9.17) is 0 Å². The second-order valence-corrected chi connectivity index (χ2v) is 5.47. The highest BCUT2D eigenvalue weighted by Crippen LogP contribution is 2.22. The monoisotopic (exact) mass is 360 g/mol. The topological polar surface area (TPSA) is 43.3 Å². The lowest BCUT2D eigenvalue weighted by Crippen LogP contribution is -2.23. The third kappa shape index (κ3) is 4.44. The summed E-state index contributed by atoms with van der Waals surface area (Å²) < 4.78 is 42.2. The predicted octanol–water partition coefficient (Wildman–Crippen LogP) is 4.31. The number of nitrogens with zero attached hydrogens (tertiary/aromatic N) is 1. The summed E-state index contributed by atoms with van der Waals surface area (Å²) in [7, 11) is 0. The maximum absolute atomic E-state index is 12.2. The van der Waals surface area contributed by atoms with Crippen molar-refractivity contribution >= 4 is 5.91 Å². The standard InChI is InChI=1S/C19H15F3N2O2/c20-19(21,22)26-16-9-7-14(8-10-16)18(25)23-13-15-5-1-2-6-17(15)24-11-3-4-12-24/h1-12H,13H2,(H,23,25). The normalized spacial score (nSPS) is 11.2. The quantitative estimate of drug-likeness (QED) is 0.737. The van der Waals surface area contributed by atoms with Crippen molar-refractivity contribution in [2.24, 2.45) is 0 Å². The first-order valence-corrected chi connectivity index (χ1v) is 7.78. The predicted molar refractivity (Wildman–Crippen MR) is 90.1 cm³/mol. The van der Waals surface area contributed by atoms with Crippen LogP contribution in [0.15, 0.2) is 73.1 Å². The molecule has 7 heteroatoms. The number of carbonyl (C=O) groups excluding carboxylic acids is 1. The summed E-state index contributed by atoms with van der Waals surface area (Å²) in [5, 5.41) is 2.77. The van der Waals surface area contributed by atoms with E-state index in [1.807, 2.05) is 53.4 Å². The molecule has 1 aromatic heterocycles. The number of aromatic nitrogens is 1. The molecule has 0 aliphatic carbocycles. The van der Waals surface area contributed by atoms with Crippen LogP contribution in [0.4, 0.5) is 13.2 Å². The minimum atomic E-state index is -4.76. The van der Waals surface area contributed by atoms with Gasteiger partial charge in [-0.15, -0.1) is 13.2 Å². The number of para-hydroxylation sites is 1. The zero-order valence-electron chi connectivity index (χ0n) is 13.5. The van der Waals surface area contributed by atoms with Gasteiger partial charge in [-0.1, -0.05) is 18.2 Å². The van der Waals surface area contributed by atoms with Gasteiger partial charge in [0.2, 0.25) is 0 Å². The van der Waals surface area contributed by atoms with Crippen LogP contribution >= 0.6 is 0 Å². The van der Waals surface area contributed by atoms with Crippen LogP contribution in [0.25, 0.3) is 5.69 Å². The number of carbonyl (C=O) groups is 1. The number of hydrogen-bond donors (Lipinski definition) is 1. The van der Waals surface area contributed by atoms with Gasteiger partial charge in [0, 0.05) is 30.2 Å². The van der Waals surface area contributed by atoms with Gasteiger partial charge in [0.25, 0.3) is 5.91 Å². The van der Waals surface area contributed by atoms with Crippen molar-refractivity contribution in [3.63, 3.8) is 0 Å². The first-order chi connectivity index (χ1) is 12.4. The minimum Gasteiger partial charge on any atom is -0.406 e. The van der Waals surface area contributed by atoms with E-state index in [1.165, 1.54) is 12.1 Å². The highest BCUT2D eigenvalue weighted by atomic mass is 19.4. The summed E-state index contributed by atoms with van der Waals surface area (Å²) >= 11 is 0. The molecule has 0 fully saturated rings. The van der Waals surface area contributed by atoms with Crippen molar-refractivity contribution in [2.75, 3.05) is 0 Å². The SMILES string of the molecule is O=C(NCc1ccccc1-n1cccc1)c1ccc(OC(F)(F)F)cc1. The number of amides is 1. The van der Waals surface area contributed by atoms with E-state index in [1.54, 1.807) is 0 Å². The smallest absolute Gasteiger partial charge is 0.406 e. The van der Waals surface area contributed by atoms with Crippen LogP contribution in [-0.4, -0.2) is 16.8 Å². The van der Waals surface area contributed by atoms with Gasteiger partial charge in [-0.25, -0.2) is 0 Å². The largest absolute Gasteiger partial charge is 0.573 e. The second-order valence-electron chi connectivity index (χ2n) is 5.47. The van der Waals surface area contributed by atoms with Crippen LogP contribution in [0.1, 0.15) is 15.9 Å². The van der Waals surface area contributed by atoms with Gasteiger partial charge in [0.15, 0.2) is 0 Å². The molecule has 0 aliphatic heterocycles. The van der Waals surface area contributed by atoms with Gasteiger partial charge in [-0.05, 0) is 48.0 Å². The Morgan fingerprint density at radius 1 is 0.962 bits per heavy atom. The molecule has 0 saturated carbocycles. The average Bonchev–Trinajstić information content (AvgIpc) is 3.13. The Morgan fingerprint density at radius 2 is 1.62 bits per heavy atom. The fourth-order valence-corrected chi connectivity index (χ4v) is 2.49. The second kappa shape index (κ2) is 7.35. The summed E-state index contributed by atoms with van der Waals surface area (Å²) in [4.78, 5) is 12.2. The molecule has 0 aliphatic rings. The molecule has 0 atom stereocenters. The van der Waals surface area contributed by atoms with E-state index in [0.717, 1.165) is 23.4 Å². The summed E-state index contributed by atoms with van der Waals surface area (Å²) in [6, 6.07) is 16.2. The number of hydrogen-bond acceptors (Lipinski definition) is 2. The van der Waals surface area contributed by atoms with E-state index in [-0.39, 0.29) is 23.8 Å². The van der Waals surface area contributed by atoms with Crippen molar-refractivity contribution in [2.45, 2.75) is 12.9 Å². The third-order valence-corrected chi connectivity index (χ3v) is 3.66. The van der Waals surface area contributed by atoms with Crippen molar-refractivity contribution in [3.8, 4) is 11.4 Å². The van der Waals surface area contributed by atoms with Crippen LogP contribution in [-0.2, 0) is 6.54 Å². The Balaban J connectivity index is 1.66. The van der Waals surface area contributed by atoms with E-state index < -0.39 is 6.36 Å². The van der Waals surface area contributed by atoms with Crippen LogP contribution in [0.5, 0.6) is 5.75 Å². The van der Waals surface area contributed by atoms with Gasteiger partial charge in [0.1, 0.15) is 5.75 Å². The molecule has 4 nitrogen and oxygen atoms in total. The third-order valence-electron chi connectivity index (χ3n) is 3.66. The molecule has 0 unspecified atom stereocenters. The summed E-state index contributed by atoms with van der Waals surface area (Å²) in [6.07, 6.45) is -0.952. The van der Waals surface area contributed by atoms with Gasteiger partial charge >= 0.3 is 6.36 Å². The minimum absolute atomic E-state index is 0.248. The molecular formula is C19H15F3N2O2. The van der Waals surface area contributed by atoms with Gasteiger partial charge in [0.05, 0.1) is 0 Å². The number of halogens is 3. The maximum atomic E-state index is 12.2. The van der Waals surface area contributed by atoms with E-state index in [0.29, 0.717) is 0 Å². The number of rotatable bonds is 5. The molecule has 1 heterocycles. The van der Waals surface area contributed by atoms with Crippen LogP contribution in [0, 0.1) is 0 Å². The Labute approximate surface area is 147 Å². The molecule has 0 radical (unpaired) electrons. The van der Waals surface area contributed by atoms with E-state index in [9.17, 15) is 18.0 Å². The van der Waals surface area contributed by atoms with E-state index >= 15 is 0 Å². The van der Waals surface area contributed by atoms with Gasteiger partial charge in [-0.2, -0.15) is 0 Å². The van der Waals surface area contributed by atoms with Crippen molar-refractivity contribution < 1.29 is 22.7 Å². The van der Waals surface area contributed by atoms with E-state index in [2.05, 4.69) is 10.1 Å². The molecule has 1 amide bonds. The lowest BCUT2D eigenvalue weighted by atomic mass is 10.1. The van der Waals surface area contributed by atoms with Crippen molar-refractivity contribution in [3.05, 3.63) is 84.2 Å². The van der Waals surface area contributed by atoms with Crippen molar-refractivity contribution in [1.82, 2.24) is 9.88 Å². The lowest BCUT2D eigenvalue weighted by molar-refractivity contribution is -0.274. The first-order valence-electron chi connectivity index (χ1n) is 7.78. The van der Waals surface area contributed by atoms with Gasteiger partial charge < -0.3 is 14.6 Å². The summed E-state index contributed by atoms with van der Waals surface area (Å²) in [5.74, 6) is -0.752.